The lowest BCUT2D eigenvalue weighted by Crippen LogP contribution is -2.53. The predicted octanol–water partition coefficient (Wildman–Crippen LogP) is 5.69. The first-order chi connectivity index (χ1) is 17.1. The Morgan fingerprint density at radius 2 is 1.59 bits per heavy atom. The van der Waals surface area contributed by atoms with Crippen LogP contribution in [-0.2, 0) is 12.1 Å². The van der Waals surface area contributed by atoms with Crippen LogP contribution in [0.2, 0.25) is 0 Å². The van der Waals surface area contributed by atoms with Gasteiger partial charge in [-0.05, 0) is 44.2 Å². The summed E-state index contributed by atoms with van der Waals surface area (Å²) in [5.74, 6) is 0.513. The summed E-state index contributed by atoms with van der Waals surface area (Å²) >= 11 is 0. The summed E-state index contributed by atoms with van der Waals surface area (Å²) < 4.78 is 84.8. The van der Waals surface area contributed by atoms with Gasteiger partial charge < -0.3 is 19.3 Å². The molecule has 0 fully saturated rings. The fourth-order valence-electron chi connectivity index (χ4n) is 3.71. The lowest BCUT2D eigenvalue weighted by Gasteiger charge is -2.33. The number of amides is 1. The summed E-state index contributed by atoms with van der Waals surface area (Å²) in [6.45, 7) is 3.91. The van der Waals surface area contributed by atoms with Gasteiger partial charge in [0.1, 0.15) is 11.5 Å². The van der Waals surface area contributed by atoms with Crippen molar-refractivity contribution in [3.05, 3.63) is 71.1 Å². The maximum absolute atomic E-state index is 13.2. The smallest absolute Gasteiger partial charge is 0.430 e. The van der Waals surface area contributed by atoms with E-state index in [4.69, 9.17) is 4.42 Å². The van der Waals surface area contributed by atoms with Crippen LogP contribution in [0.4, 0.5) is 32.0 Å². The quantitative estimate of drug-likeness (QED) is 0.399. The summed E-state index contributed by atoms with van der Waals surface area (Å²) in [7, 11) is 3.25. The number of alkyl halides is 6. The topological polar surface area (TPSA) is 69.8 Å². The molecule has 0 atom stereocenters. The largest absolute Gasteiger partial charge is 0.441 e. The second kappa shape index (κ2) is 10.1. The van der Waals surface area contributed by atoms with Crippen molar-refractivity contribution < 1.29 is 40.7 Å². The molecule has 0 radical (unpaired) electrons. The maximum Gasteiger partial charge on any atom is 0.430 e. The Morgan fingerprint density at radius 3 is 2.11 bits per heavy atom. The highest BCUT2D eigenvalue weighted by Gasteiger charge is 2.71. The molecule has 0 saturated heterocycles. The van der Waals surface area contributed by atoms with Crippen LogP contribution in [0.15, 0.2) is 52.9 Å². The third kappa shape index (κ3) is 5.43. The normalized spacial score (nSPS) is 12.5. The third-order valence-corrected chi connectivity index (χ3v) is 5.85. The number of oxazole rings is 1. The molecule has 1 amide bonds. The van der Waals surface area contributed by atoms with Gasteiger partial charge in [0.2, 0.25) is 5.89 Å². The standard InChI is InChI=1S/C25H25F6N3O3/c1-5-34(19-11-9-18(10-12-19)23(36,24(26,27)28)25(29,30)31)14-20-15(2)37-21(32-20)16-7-6-8-17(13-16)22(35)33(3)4/h6-13,36H,5,14H2,1-4H3. The van der Waals surface area contributed by atoms with E-state index < -0.39 is 23.5 Å². The molecule has 1 aromatic heterocycles. The summed E-state index contributed by atoms with van der Waals surface area (Å²) in [4.78, 5) is 19.9. The van der Waals surface area contributed by atoms with E-state index in [1.54, 1.807) is 57.1 Å². The van der Waals surface area contributed by atoms with Crippen LogP contribution in [-0.4, -0.2) is 53.9 Å². The highest BCUT2D eigenvalue weighted by molar-refractivity contribution is 5.94. The van der Waals surface area contributed by atoms with Crippen molar-refractivity contribution in [1.29, 1.82) is 0 Å². The van der Waals surface area contributed by atoms with Gasteiger partial charge >= 0.3 is 12.4 Å². The number of hydrogen-bond donors (Lipinski definition) is 1. The Labute approximate surface area is 209 Å². The molecule has 12 heteroatoms. The van der Waals surface area contributed by atoms with Crippen molar-refractivity contribution in [2.45, 2.75) is 38.3 Å². The number of carbonyl (C=O) groups excluding carboxylic acids is 1. The van der Waals surface area contributed by atoms with Crippen molar-refractivity contribution >= 4 is 11.6 Å². The molecule has 0 aliphatic heterocycles. The number of rotatable bonds is 7. The van der Waals surface area contributed by atoms with Crippen LogP contribution in [0.3, 0.4) is 0 Å². The van der Waals surface area contributed by atoms with Crippen LogP contribution in [0, 0.1) is 6.92 Å². The second-order valence-corrected chi connectivity index (χ2v) is 8.57. The van der Waals surface area contributed by atoms with Gasteiger partial charge in [0.05, 0.1) is 6.54 Å². The van der Waals surface area contributed by atoms with Crippen LogP contribution >= 0.6 is 0 Å². The first-order valence-electron chi connectivity index (χ1n) is 11.1. The predicted molar refractivity (Wildman–Crippen MR) is 124 cm³/mol. The molecule has 1 heterocycles. The molecule has 37 heavy (non-hydrogen) atoms. The minimum Gasteiger partial charge on any atom is -0.441 e. The molecule has 200 valence electrons. The van der Waals surface area contributed by atoms with E-state index in [2.05, 4.69) is 4.98 Å². The first-order valence-corrected chi connectivity index (χ1v) is 11.1. The van der Waals surface area contributed by atoms with E-state index in [0.29, 0.717) is 46.9 Å². The monoisotopic (exact) mass is 529 g/mol. The molecule has 3 rings (SSSR count). The third-order valence-electron chi connectivity index (χ3n) is 5.85. The van der Waals surface area contributed by atoms with Gasteiger partial charge in [-0.15, -0.1) is 0 Å². The molecule has 6 nitrogen and oxygen atoms in total. The summed E-state index contributed by atoms with van der Waals surface area (Å²) in [5, 5.41) is 9.60. The van der Waals surface area contributed by atoms with Gasteiger partial charge in [-0.1, -0.05) is 18.2 Å². The van der Waals surface area contributed by atoms with Gasteiger partial charge in [-0.25, -0.2) is 4.98 Å². The zero-order valence-electron chi connectivity index (χ0n) is 20.4. The van der Waals surface area contributed by atoms with Crippen LogP contribution in [0.25, 0.3) is 11.5 Å². The molecule has 0 bridgehead atoms. The zero-order chi connectivity index (χ0) is 27.8. The van der Waals surface area contributed by atoms with E-state index in [0.717, 1.165) is 12.1 Å². The van der Waals surface area contributed by atoms with Crippen LogP contribution in [0.5, 0.6) is 0 Å². The average Bonchev–Trinajstić information content (AvgIpc) is 3.20. The summed E-state index contributed by atoms with van der Waals surface area (Å²) in [5.41, 5.74) is -4.51. The van der Waals surface area contributed by atoms with Gasteiger partial charge in [0, 0.05) is 43.0 Å². The van der Waals surface area contributed by atoms with Crippen LogP contribution < -0.4 is 4.90 Å². The number of hydrogen-bond acceptors (Lipinski definition) is 5. The summed E-state index contributed by atoms with van der Waals surface area (Å²) in [6, 6.07) is 10.1. The van der Waals surface area contributed by atoms with Gasteiger partial charge in [0.25, 0.3) is 11.5 Å². The Morgan fingerprint density at radius 1 is 1.00 bits per heavy atom. The van der Waals surface area contributed by atoms with Gasteiger partial charge in [0.15, 0.2) is 0 Å². The molecular formula is C25H25F6N3O3. The number of aromatic nitrogens is 1. The lowest BCUT2D eigenvalue weighted by molar-refractivity contribution is -0.376. The highest BCUT2D eigenvalue weighted by atomic mass is 19.4. The molecule has 2 aromatic carbocycles. The Kier molecular flexibility index (Phi) is 7.64. The van der Waals surface area contributed by atoms with Crippen LogP contribution in [0.1, 0.15) is 34.3 Å². The Balaban J connectivity index is 1.88. The number of aliphatic hydroxyl groups is 1. The molecule has 0 aliphatic carbocycles. The number of nitrogens with zero attached hydrogens (tertiary/aromatic N) is 3. The lowest BCUT2D eigenvalue weighted by atomic mass is 9.92. The van der Waals surface area contributed by atoms with E-state index in [1.807, 2.05) is 0 Å². The Hall–Kier alpha value is -3.54. The fraction of sp³-hybridized carbons (Fsp3) is 0.360. The van der Waals surface area contributed by atoms with E-state index in [-0.39, 0.29) is 18.3 Å². The molecule has 0 unspecified atom stereocenters. The number of carbonyl (C=O) groups is 1. The summed E-state index contributed by atoms with van der Waals surface area (Å²) in [6.07, 6.45) is -11.9. The van der Waals surface area contributed by atoms with Crippen molar-refractivity contribution in [3.63, 3.8) is 0 Å². The van der Waals surface area contributed by atoms with Gasteiger partial charge in [-0.2, -0.15) is 26.3 Å². The number of benzene rings is 2. The highest BCUT2D eigenvalue weighted by Crippen LogP contribution is 2.50. The zero-order valence-corrected chi connectivity index (χ0v) is 20.4. The average molecular weight is 529 g/mol. The minimum atomic E-state index is -5.96. The van der Waals surface area contributed by atoms with Crippen molar-refractivity contribution in [3.8, 4) is 11.5 Å². The first kappa shape index (κ1) is 28.0. The SMILES string of the molecule is CCN(Cc1nc(-c2cccc(C(=O)N(C)C)c2)oc1C)c1ccc(C(O)(C(F)(F)F)C(F)(F)F)cc1. The second-order valence-electron chi connectivity index (χ2n) is 8.57. The molecule has 0 saturated carbocycles. The molecule has 0 aliphatic rings. The minimum absolute atomic E-state index is 0.143. The molecule has 1 N–H and O–H groups in total. The van der Waals surface area contributed by atoms with E-state index in [9.17, 15) is 36.2 Å². The van der Waals surface area contributed by atoms with Crippen molar-refractivity contribution in [2.24, 2.45) is 0 Å². The van der Waals surface area contributed by atoms with E-state index >= 15 is 0 Å². The molecular weight excluding hydrogens is 504 g/mol. The van der Waals surface area contributed by atoms with Crippen molar-refractivity contribution in [2.75, 3.05) is 25.5 Å². The number of aryl methyl sites for hydroxylation is 1. The number of halogens is 6. The number of anilines is 1. The van der Waals surface area contributed by atoms with E-state index in [1.165, 1.54) is 4.90 Å². The molecule has 0 spiro atoms. The van der Waals surface area contributed by atoms with Crippen molar-refractivity contribution in [1.82, 2.24) is 9.88 Å². The molecule has 3 aromatic rings. The fourth-order valence-corrected chi connectivity index (χ4v) is 3.71. The maximum atomic E-state index is 13.2. The van der Waals surface area contributed by atoms with Gasteiger partial charge in [-0.3, -0.25) is 4.79 Å². The Bertz CT molecular complexity index is 1240.